The first kappa shape index (κ1) is 24.1. The van der Waals surface area contributed by atoms with Crippen LogP contribution in [0.1, 0.15) is 74.7 Å². The van der Waals surface area contributed by atoms with Crippen LogP contribution in [0.3, 0.4) is 0 Å². The predicted molar refractivity (Wildman–Crippen MR) is 113 cm³/mol. The highest BCUT2D eigenvalue weighted by Crippen LogP contribution is 2.40. The molecule has 0 aromatic carbocycles. The molecular weight excluding hydrogens is 342 g/mol. The summed E-state index contributed by atoms with van der Waals surface area (Å²) in [5.74, 6) is 0. The topological polar surface area (TPSA) is 41.9 Å². The molecule has 0 spiro atoms. The van der Waals surface area contributed by atoms with E-state index in [9.17, 15) is 5.11 Å². The molecule has 4 nitrogen and oxygen atoms in total. The summed E-state index contributed by atoms with van der Waals surface area (Å²) in [6, 6.07) is 4.13. The van der Waals surface area contributed by atoms with Crippen LogP contribution in [-0.2, 0) is 9.57 Å². The largest absolute Gasteiger partial charge is 0.388 e. The second-order valence-corrected chi connectivity index (χ2v) is 16.1. The Balaban J connectivity index is 2.58. The zero-order valence-corrected chi connectivity index (χ0v) is 19.9. The minimum atomic E-state index is -1.01. The fraction of sp³-hybridized carbons (Fsp3) is 1.00. The highest BCUT2D eigenvalue weighted by Gasteiger charge is 2.47. The van der Waals surface area contributed by atoms with Gasteiger partial charge in [-0.2, -0.15) is 5.06 Å². The molecule has 1 heterocycles. The smallest absolute Gasteiger partial charge is 0.0967 e. The number of ether oxygens (including phenoxy) is 1. The average Bonchev–Trinajstić information content (AvgIpc) is 2.47. The van der Waals surface area contributed by atoms with Gasteiger partial charge in [0.1, 0.15) is 0 Å². The van der Waals surface area contributed by atoms with Gasteiger partial charge in [-0.15, -0.1) is 0 Å². The van der Waals surface area contributed by atoms with Crippen LogP contribution in [0, 0.1) is 0 Å². The minimum Gasteiger partial charge on any atom is -0.388 e. The monoisotopic (exact) mass is 387 g/mol. The van der Waals surface area contributed by atoms with Gasteiger partial charge in [0, 0.05) is 25.8 Å². The first-order valence-corrected chi connectivity index (χ1v) is 13.6. The highest BCUT2D eigenvalue weighted by atomic mass is 28.3. The summed E-state index contributed by atoms with van der Waals surface area (Å²) in [7, 11) is -1.01. The van der Waals surface area contributed by atoms with Crippen LogP contribution in [0.4, 0.5) is 0 Å². The molecule has 0 saturated carbocycles. The lowest BCUT2D eigenvalue weighted by Gasteiger charge is -2.54. The van der Waals surface area contributed by atoms with E-state index in [-0.39, 0.29) is 17.2 Å². The second kappa shape index (κ2) is 9.04. The van der Waals surface area contributed by atoms with E-state index >= 15 is 0 Å². The number of piperidine rings is 1. The van der Waals surface area contributed by atoms with Crippen molar-refractivity contribution >= 4 is 8.07 Å². The van der Waals surface area contributed by atoms with Crippen LogP contribution >= 0.6 is 0 Å². The third-order valence-corrected chi connectivity index (χ3v) is 11.1. The number of hydrogen-bond acceptors (Lipinski definition) is 4. The summed E-state index contributed by atoms with van der Waals surface area (Å²) in [5, 5.41) is 12.1. The van der Waals surface area contributed by atoms with E-state index in [2.05, 4.69) is 53.2 Å². The maximum Gasteiger partial charge on any atom is 0.0967 e. The van der Waals surface area contributed by atoms with Crippen molar-refractivity contribution in [2.75, 3.05) is 13.2 Å². The normalized spacial score (nSPS) is 21.9. The number of hydrogen-bond donors (Lipinski definition) is 1. The Hall–Kier alpha value is 0.0569. The van der Waals surface area contributed by atoms with Crippen LogP contribution in [0.25, 0.3) is 0 Å². The Morgan fingerprint density at radius 1 is 1.08 bits per heavy atom. The van der Waals surface area contributed by atoms with Crippen molar-refractivity contribution in [3.05, 3.63) is 0 Å². The van der Waals surface area contributed by atoms with Gasteiger partial charge in [0.05, 0.1) is 18.3 Å². The minimum absolute atomic E-state index is 0.117. The van der Waals surface area contributed by atoms with E-state index in [1.807, 2.05) is 0 Å². The molecule has 0 atom stereocenters. The van der Waals surface area contributed by atoms with E-state index in [4.69, 9.17) is 9.57 Å². The molecule has 1 aliphatic heterocycles. The Bertz CT molecular complexity index is 409. The zero-order chi connectivity index (χ0) is 20.2. The molecule has 0 amide bonds. The van der Waals surface area contributed by atoms with Crippen molar-refractivity contribution in [2.45, 2.75) is 122 Å². The van der Waals surface area contributed by atoms with Crippen LogP contribution in [0.15, 0.2) is 0 Å². The molecule has 0 bridgehead atoms. The molecule has 0 unspecified atom stereocenters. The molecule has 1 N–H and O–H groups in total. The maximum atomic E-state index is 10.0. The molecule has 156 valence electrons. The lowest BCUT2D eigenvalue weighted by molar-refractivity contribution is -0.308. The number of hydroxylamine groups is 2. The molecular formula is C21H45NO3Si. The van der Waals surface area contributed by atoms with Crippen molar-refractivity contribution in [1.82, 2.24) is 5.06 Å². The first-order chi connectivity index (χ1) is 11.7. The number of rotatable bonds is 10. The van der Waals surface area contributed by atoms with Crippen molar-refractivity contribution < 1.29 is 14.7 Å². The predicted octanol–water partition coefficient (Wildman–Crippen LogP) is 5.24. The SMILES string of the molecule is CC[Si](C)(CC)CCCOC1CC(C)(C)N(OCC(C)(C)O)C(C)(C)C1. The van der Waals surface area contributed by atoms with Gasteiger partial charge in [-0.3, -0.25) is 4.84 Å². The summed E-state index contributed by atoms with van der Waals surface area (Å²) in [6.45, 7) is 20.8. The van der Waals surface area contributed by atoms with Crippen LogP contribution < -0.4 is 0 Å². The van der Waals surface area contributed by atoms with Gasteiger partial charge in [0.15, 0.2) is 0 Å². The van der Waals surface area contributed by atoms with Crippen molar-refractivity contribution in [1.29, 1.82) is 0 Å². The molecule has 1 aliphatic rings. The zero-order valence-electron chi connectivity index (χ0n) is 18.9. The summed E-state index contributed by atoms with van der Waals surface area (Å²) in [6.07, 6.45) is 3.38. The third kappa shape index (κ3) is 7.23. The Labute approximate surface area is 163 Å². The fourth-order valence-electron chi connectivity index (χ4n) is 4.21. The van der Waals surface area contributed by atoms with Gasteiger partial charge >= 0.3 is 0 Å². The molecule has 0 aromatic heterocycles. The lowest BCUT2D eigenvalue weighted by atomic mass is 9.80. The van der Waals surface area contributed by atoms with Gasteiger partial charge in [0.2, 0.25) is 0 Å². The highest BCUT2D eigenvalue weighted by molar-refractivity contribution is 6.78. The number of nitrogens with zero attached hydrogens (tertiary/aromatic N) is 1. The standard InChI is InChI=1S/C21H45NO3Si/c1-10-26(9,11-2)14-12-13-24-18-15-19(3,4)22(20(5,6)16-18)25-17-21(7,8)23/h18,23H,10-17H2,1-9H3. The molecule has 0 aromatic rings. The van der Waals surface area contributed by atoms with Gasteiger partial charge < -0.3 is 9.84 Å². The Morgan fingerprint density at radius 2 is 1.58 bits per heavy atom. The third-order valence-electron chi connectivity index (χ3n) is 6.09. The first-order valence-electron chi connectivity index (χ1n) is 10.5. The van der Waals surface area contributed by atoms with Crippen molar-refractivity contribution in [3.8, 4) is 0 Å². The van der Waals surface area contributed by atoms with Gasteiger partial charge in [-0.25, -0.2) is 0 Å². The van der Waals surface area contributed by atoms with Gasteiger partial charge in [0.25, 0.3) is 0 Å². The fourth-order valence-corrected chi connectivity index (χ4v) is 6.42. The second-order valence-electron chi connectivity index (χ2n) is 10.5. The van der Waals surface area contributed by atoms with Gasteiger partial charge in [-0.05, 0) is 60.8 Å². The summed E-state index contributed by atoms with van der Waals surface area (Å²) in [4.78, 5) is 6.06. The Morgan fingerprint density at radius 3 is 2.00 bits per heavy atom. The van der Waals surface area contributed by atoms with Gasteiger partial charge in [-0.1, -0.05) is 38.5 Å². The quantitative estimate of drug-likeness (QED) is 0.411. The average molecular weight is 388 g/mol. The van der Waals surface area contributed by atoms with E-state index < -0.39 is 13.7 Å². The molecule has 5 heteroatoms. The summed E-state index contributed by atoms with van der Waals surface area (Å²) in [5.41, 5.74) is -1.06. The molecule has 1 saturated heterocycles. The molecule has 0 radical (unpaired) electrons. The molecule has 1 fully saturated rings. The van der Waals surface area contributed by atoms with Crippen LogP contribution in [0.5, 0.6) is 0 Å². The molecule has 1 rings (SSSR count). The maximum absolute atomic E-state index is 10.0. The van der Waals surface area contributed by atoms with E-state index in [1.54, 1.807) is 13.8 Å². The molecule has 0 aliphatic carbocycles. The van der Waals surface area contributed by atoms with Crippen LogP contribution in [-0.4, -0.2) is 54.2 Å². The summed E-state index contributed by atoms with van der Waals surface area (Å²) >= 11 is 0. The van der Waals surface area contributed by atoms with Crippen molar-refractivity contribution in [2.24, 2.45) is 0 Å². The van der Waals surface area contributed by atoms with E-state index in [0.29, 0.717) is 6.61 Å². The summed E-state index contributed by atoms with van der Waals surface area (Å²) < 4.78 is 6.32. The van der Waals surface area contributed by atoms with Crippen molar-refractivity contribution in [3.63, 3.8) is 0 Å². The van der Waals surface area contributed by atoms with Crippen LogP contribution in [0.2, 0.25) is 24.7 Å². The molecule has 26 heavy (non-hydrogen) atoms. The van der Waals surface area contributed by atoms with E-state index in [1.165, 1.54) is 24.6 Å². The Kier molecular flexibility index (Phi) is 8.38. The number of aliphatic hydroxyl groups is 1. The van der Waals surface area contributed by atoms with E-state index in [0.717, 1.165) is 19.4 Å². The lowest BCUT2D eigenvalue weighted by Crippen LogP contribution is -2.62.